The third kappa shape index (κ3) is 5.57. The highest BCUT2D eigenvalue weighted by Crippen LogP contribution is 2.35. The summed E-state index contributed by atoms with van der Waals surface area (Å²) in [6, 6.07) is 11.5. The Kier molecular flexibility index (Phi) is 7.99. The lowest BCUT2D eigenvalue weighted by Crippen LogP contribution is -2.11. The maximum absolute atomic E-state index is 14.7. The number of rotatable bonds is 9. The van der Waals surface area contributed by atoms with Gasteiger partial charge in [-0.3, -0.25) is 0 Å². The first-order valence-electron chi connectivity index (χ1n) is 10.8. The van der Waals surface area contributed by atoms with E-state index in [4.69, 9.17) is 19.6 Å². The number of nitrogens with one attached hydrogen (secondary N) is 1. The van der Waals surface area contributed by atoms with Crippen molar-refractivity contribution in [1.29, 1.82) is 0 Å². The molecule has 3 aromatic carbocycles. The number of aryl methyl sites for hydroxylation is 1. The molecule has 0 aliphatic rings. The lowest BCUT2D eigenvalue weighted by Gasteiger charge is -2.13. The first-order valence-corrected chi connectivity index (χ1v) is 11.9. The number of hydrogen-bond donors (Lipinski definition) is 2. The number of methoxy groups -OCH3 is 2. The fourth-order valence-electron chi connectivity index (χ4n) is 3.55. The van der Waals surface area contributed by atoms with Crippen molar-refractivity contribution < 1.29 is 27.1 Å². The highest BCUT2D eigenvalue weighted by atomic mass is 127. The molecule has 0 aliphatic heterocycles. The van der Waals surface area contributed by atoms with Crippen molar-refractivity contribution in [2.75, 3.05) is 19.5 Å². The van der Waals surface area contributed by atoms with Gasteiger partial charge in [0.15, 0.2) is 23.1 Å². The van der Waals surface area contributed by atoms with Crippen molar-refractivity contribution in [3.63, 3.8) is 0 Å². The molecule has 1 atom stereocenters. The molecule has 1 unspecified atom stereocenters. The molecule has 0 fully saturated rings. The number of halogens is 4. The van der Waals surface area contributed by atoms with Crippen LogP contribution in [0.3, 0.4) is 0 Å². The fraction of sp³-hybridized carbons (Fsp3) is 0.200. The Labute approximate surface area is 219 Å². The van der Waals surface area contributed by atoms with Crippen LogP contribution in [0.25, 0.3) is 11.5 Å². The summed E-state index contributed by atoms with van der Waals surface area (Å²) in [5.74, 6) is -1.68. The van der Waals surface area contributed by atoms with Gasteiger partial charge < -0.3 is 24.9 Å². The van der Waals surface area contributed by atoms with Gasteiger partial charge in [0.05, 0.1) is 37.2 Å². The molecule has 0 saturated heterocycles. The molecule has 4 aromatic rings. The molecular formula is C25H22F3IN4O3. The van der Waals surface area contributed by atoms with Crippen molar-refractivity contribution in [2.24, 2.45) is 5.73 Å². The number of benzene rings is 3. The second-order valence-corrected chi connectivity index (χ2v) is 9.06. The van der Waals surface area contributed by atoms with Crippen molar-refractivity contribution >= 4 is 34.0 Å². The molecule has 0 saturated carbocycles. The maximum Gasteiger partial charge on any atom is 0.250 e. The van der Waals surface area contributed by atoms with Gasteiger partial charge in [0.2, 0.25) is 11.8 Å². The summed E-state index contributed by atoms with van der Waals surface area (Å²) in [4.78, 5) is 0. The van der Waals surface area contributed by atoms with Crippen LogP contribution >= 0.6 is 22.6 Å². The van der Waals surface area contributed by atoms with E-state index in [1.165, 1.54) is 18.2 Å². The van der Waals surface area contributed by atoms with E-state index in [2.05, 4.69) is 15.5 Å². The van der Waals surface area contributed by atoms with E-state index >= 15 is 0 Å². The molecular weight excluding hydrogens is 588 g/mol. The maximum atomic E-state index is 14.7. The molecule has 3 N–H and O–H groups in total. The molecule has 4 rings (SSSR count). The second kappa shape index (κ2) is 11.2. The summed E-state index contributed by atoms with van der Waals surface area (Å²) < 4.78 is 60.1. The first-order chi connectivity index (χ1) is 17.3. The smallest absolute Gasteiger partial charge is 0.250 e. The number of nitrogens with two attached hydrogens (primary N) is 1. The molecule has 11 heteroatoms. The quantitative estimate of drug-likeness (QED) is 0.220. The van der Waals surface area contributed by atoms with Crippen LogP contribution in [0.2, 0.25) is 0 Å². The van der Waals surface area contributed by atoms with E-state index in [1.807, 2.05) is 34.7 Å². The Morgan fingerprint density at radius 2 is 1.75 bits per heavy atom. The molecule has 7 nitrogen and oxygen atoms in total. The molecule has 1 aromatic heterocycles. The lowest BCUT2D eigenvalue weighted by molar-refractivity contribution is 0.354. The van der Waals surface area contributed by atoms with Gasteiger partial charge in [-0.25, -0.2) is 13.2 Å². The van der Waals surface area contributed by atoms with E-state index in [9.17, 15) is 13.2 Å². The number of hydrogen-bond acceptors (Lipinski definition) is 7. The van der Waals surface area contributed by atoms with Gasteiger partial charge in [0.1, 0.15) is 5.82 Å². The summed E-state index contributed by atoms with van der Waals surface area (Å²) in [6.07, 6.45) is 1.05. The van der Waals surface area contributed by atoms with Crippen molar-refractivity contribution in [3.8, 4) is 23.0 Å². The van der Waals surface area contributed by atoms with E-state index < -0.39 is 23.5 Å². The largest absolute Gasteiger partial charge is 0.493 e. The standard InChI is InChI=1S/C25H22F3IN4O3/c1-34-20-10-4-13(11-21(20)35-2)3-8-18(30)25-33-32-24(36-25)15-6-7-16(26)22(28)23(15)31-19-9-5-14(29)12-17(19)27/h4-7,9-12,18,31H,3,8,30H2,1-2H3. The Hall–Kier alpha value is -3.32. The zero-order valence-corrected chi connectivity index (χ0v) is 21.5. The summed E-state index contributed by atoms with van der Waals surface area (Å²) in [7, 11) is 3.12. The Balaban J connectivity index is 1.55. The number of aromatic nitrogens is 2. The topological polar surface area (TPSA) is 95.4 Å². The van der Waals surface area contributed by atoms with E-state index in [0.29, 0.717) is 27.9 Å². The first kappa shape index (κ1) is 25.8. The number of nitrogens with zero attached hydrogens (tertiary/aromatic N) is 2. The van der Waals surface area contributed by atoms with Crippen molar-refractivity contribution in [1.82, 2.24) is 10.2 Å². The van der Waals surface area contributed by atoms with Gasteiger partial charge in [-0.05, 0) is 83.5 Å². The summed E-state index contributed by atoms with van der Waals surface area (Å²) in [5, 5.41) is 10.6. The predicted octanol–water partition coefficient (Wildman–Crippen LogP) is 6.15. The SMILES string of the molecule is COc1ccc(CCC(N)c2nnc(-c3ccc(F)c(F)c3Nc3ccc(I)cc3F)o2)cc1OC. The highest BCUT2D eigenvalue weighted by molar-refractivity contribution is 14.1. The molecule has 0 radical (unpaired) electrons. The average molecular weight is 610 g/mol. The number of anilines is 2. The summed E-state index contributed by atoms with van der Waals surface area (Å²) in [6.45, 7) is 0. The summed E-state index contributed by atoms with van der Waals surface area (Å²) >= 11 is 1.95. The van der Waals surface area contributed by atoms with Gasteiger partial charge in [-0.15, -0.1) is 10.2 Å². The third-order valence-electron chi connectivity index (χ3n) is 5.47. The molecule has 1 heterocycles. The minimum atomic E-state index is -1.21. The Morgan fingerprint density at radius 3 is 2.47 bits per heavy atom. The van der Waals surface area contributed by atoms with E-state index in [-0.39, 0.29) is 28.7 Å². The second-order valence-electron chi connectivity index (χ2n) is 7.81. The molecule has 36 heavy (non-hydrogen) atoms. The Bertz CT molecular complexity index is 1380. The van der Waals surface area contributed by atoms with Gasteiger partial charge >= 0.3 is 0 Å². The molecule has 0 amide bonds. The van der Waals surface area contributed by atoms with Crippen LogP contribution in [-0.4, -0.2) is 24.4 Å². The van der Waals surface area contributed by atoms with Crippen LogP contribution in [0.5, 0.6) is 11.5 Å². The predicted molar refractivity (Wildman–Crippen MR) is 137 cm³/mol. The molecule has 0 bridgehead atoms. The van der Waals surface area contributed by atoms with Crippen LogP contribution in [0.4, 0.5) is 24.5 Å². The lowest BCUT2D eigenvalue weighted by atomic mass is 10.1. The van der Waals surface area contributed by atoms with Crippen LogP contribution in [0.1, 0.15) is 23.9 Å². The van der Waals surface area contributed by atoms with Gasteiger partial charge in [0.25, 0.3) is 0 Å². The number of ether oxygens (including phenoxy) is 2. The van der Waals surface area contributed by atoms with Crippen LogP contribution < -0.4 is 20.5 Å². The Morgan fingerprint density at radius 1 is 0.972 bits per heavy atom. The molecule has 0 aliphatic carbocycles. The van der Waals surface area contributed by atoms with Gasteiger partial charge in [-0.1, -0.05) is 6.07 Å². The minimum absolute atomic E-state index is 0.0347. The zero-order chi connectivity index (χ0) is 25.8. The van der Waals surface area contributed by atoms with Gasteiger partial charge in [0, 0.05) is 3.57 Å². The van der Waals surface area contributed by atoms with Crippen LogP contribution in [0, 0.1) is 21.0 Å². The molecule has 0 spiro atoms. The van der Waals surface area contributed by atoms with E-state index in [1.54, 1.807) is 26.4 Å². The third-order valence-corrected chi connectivity index (χ3v) is 6.14. The minimum Gasteiger partial charge on any atom is -0.493 e. The monoisotopic (exact) mass is 610 g/mol. The normalized spacial score (nSPS) is 11.9. The van der Waals surface area contributed by atoms with Crippen LogP contribution in [0.15, 0.2) is 52.9 Å². The van der Waals surface area contributed by atoms with Crippen LogP contribution in [-0.2, 0) is 6.42 Å². The van der Waals surface area contributed by atoms with Crippen molar-refractivity contribution in [2.45, 2.75) is 18.9 Å². The summed E-state index contributed by atoms with van der Waals surface area (Å²) in [5.41, 5.74) is 6.93. The highest BCUT2D eigenvalue weighted by Gasteiger charge is 2.22. The fourth-order valence-corrected chi connectivity index (χ4v) is 4.00. The average Bonchev–Trinajstić information content (AvgIpc) is 3.37. The van der Waals surface area contributed by atoms with E-state index in [0.717, 1.165) is 11.6 Å². The van der Waals surface area contributed by atoms with Crippen molar-refractivity contribution in [3.05, 3.63) is 81.0 Å². The zero-order valence-electron chi connectivity index (χ0n) is 19.3. The van der Waals surface area contributed by atoms with Gasteiger partial charge in [-0.2, -0.15) is 0 Å². The molecule has 188 valence electrons.